The van der Waals surface area contributed by atoms with E-state index in [0.29, 0.717) is 45.4 Å². The van der Waals surface area contributed by atoms with E-state index in [1.54, 1.807) is 21.3 Å². The van der Waals surface area contributed by atoms with Crippen LogP contribution in [0.25, 0.3) is 0 Å². The molecule has 7 heteroatoms. The van der Waals surface area contributed by atoms with Gasteiger partial charge in [-0.3, -0.25) is 9.59 Å². The van der Waals surface area contributed by atoms with E-state index in [-0.39, 0.29) is 11.8 Å². The van der Waals surface area contributed by atoms with Gasteiger partial charge < -0.3 is 24.0 Å². The Kier molecular flexibility index (Phi) is 7.76. The molecule has 0 bridgehead atoms. The molecule has 2 aromatic carbocycles. The molecule has 166 valence electrons. The molecule has 1 aliphatic heterocycles. The SMILES string of the molecule is COc1cccc(CC(=O)N2CCN(C(=O)CCc3cc(OC)ccc3OC)CC2)c1. The Morgan fingerprint density at radius 2 is 1.45 bits per heavy atom. The molecule has 2 amide bonds. The zero-order chi connectivity index (χ0) is 22.2. The number of carbonyl (C=O) groups excluding carboxylic acids is 2. The number of hydrogen-bond acceptors (Lipinski definition) is 5. The smallest absolute Gasteiger partial charge is 0.227 e. The first-order valence-corrected chi connectivity index (χ1v) is 10.4. The maximum atomic E-state index is 12.7. The Bertz CT molecular complexity index is 907. The molecule has 1 fully saturated rings. The number of ether oxygens (including phenoxy) is 3. The number of hydrogen-bond donors (Lipinski definition) is 0. The van der Waals surface area contributed by atoms with Crippen LogP contribution in [0.2, 0.25) is 0 Å². The number of piperazine rings is 1. The average Bonchev–Trinajstić information content (AvgIpc) is 2.82. The monoisotopic (exact) mass is 426 g/mol. The summed E-state index contributed by atoms with van der Waals surface area (Å²) in [6.07, 6.45) is 1.30. The minimum atomic E-state index is 0.0708. The van der Waals surface area contributed by atoms with Crippen molar-refractivity contribution < 1.29 is 23.8 Å². The number of amides is 2. The van der Waals surface area contributed by atoms with Gasteiger partial charge in [-0.25, -0.2) is 0 Å². The molecule has 1 heterocycles. The fourth-order valence-corrected chi connectivity index (χ4v) is 3.75. The van der Waals surface area contributed by atoms with Crippen LogP contribution in [0.4, 0.5) is 0 Å². The molecular formula is C24H30N2O5. The highest BCUT2D eigenvalue weighted by Crippen LogP contribution is 2.25. The fourth-order valence-electron chi connectivity index (χ4n) is 3.75. The summed E-state index contributed by atoms with van der Waals surface area (Å²) >= 11 is 0. The lowest BCUT2D eigenvalue weighted by Crippen LogP contribution is -2.51. The Balaban J connectivity index is 1.49. The van der Waals surface area contributed by atoms with Crippen LogP contribution in [-0.4, -0.2) is 69.1 Å². The van der Waals surface area contributed by atoms with Crippen LogP contribution in [0.5, 0.6) is 17.2 Å². The van der Waals surface area contributed by atoms with Gasteiger partial charge in [0.2, 0.25) is 11.8 Å². The minimum Gasteiger partial charge on any atom is -0.497 e. The minimum absolute atomic E-state index is 0.0708. The van der Waals surface area contributed by atoms with Crippen LogP contribution in [-0.2, 0) is 22.4 Å². The maximum Gasteiger partial charge on any atom is 0.227 e. The number of benzene rings is 2. The summed E-state index contributed by atoms with van der Waals surface area (Å²) in [6.45, 7) is 2.21. The topological polar surface area (TPSA) is 68.3 Å². The third kappa shape index (κ3) is 5.90. The second-order valence-corrected chi connectivity index (χ2v) is 7.47. The van der Waals surface area contributed by atoms with Crippen molar-refractivity contribution in [2.75, 3.05) is 47.5 Å². The average molecular weight is 427 g/mol. The van der Waals surface area contributed by atoms with Gasteiger partial charge in [0.05, 0.1) is 27.8 Å². The van der Waals surface area contributed by atoms with Crippen molar-refractivity contribution in [2.45, 2.75) is 19.3 Å². The molecule has 3 rings (SSSR count). The number of aryl methyl sites for hydroxylation is 1. The second kappa shape index (κ2) is 10.7. The lowest BCUT2D eigenvalue weighted by Gasteiger charge is -2.35. The lowest BCUT2D eigenvalue weighted by molar-refractivity contribution is -0.139. The van der Waals surface area contributed by atoms with E-state index in [0.717, 1.165) is 28.4 Å². The zero-order valence-corrected chi connectivity index (χ0v) is 18.4. The molecule has 0 atom stereocenters. The molecule has 0 radical (unpaired) electrons. The lowest BCUT2D eigenvalue weighted by atomic mass is 10.1. The first kappa shape index (κ1) is 22.5. The van der Waals surface area contributed by atoms with Crippen LogP contribution < -0.4 is 14.2 Å². The maximum absolute atomic E-state index is 12.7. The predicted octanol–water partition coefficient (Wildman–Crippen LogP) is 2.56. The van der Waals surface area contributed by atoms with Crippen molar-refractivity contribution in [3.63, 3.8) is 0 Å². The molecule has 0 aromatic heterocycles. The standard InChI is InChI=1S/C24H30N2O5/c1-29-20-6-4-5-18(15-20)16-24(28)26-13-11-25(12-14-26)23(27)10-7-19-17-21(30-2)8-9-22(19)31-3/h4-6,8-9,15,17H,7,10-14,16H2,1-3H3. The summed E-state index contributed by atoms with van der Waals surface area (Å²) in [4.78, 5) is 29.0. The summed E-state index contributed by atoms with van der Waals surface area (Å²) in [5.41, 5.74) is 1.87. The Hall–Kier alpha value is -3.22. The molecule has 7 nitrogen and oxygen atoms in total. The molecular weight excluding hydrogens is 396 g/mol. The van der Waals surface area contributed by atoms with Crippen molar-refractivity contribution in [3.8, 4) is 17.2 Å². The molecule has 0 spiro atoms. The van der Waals surface area contributed by atoms with Crippen LogP contribution in [0.3, 0.4) is 0 Å². The van der Waals surface area contributed by atoms with Crippen LogP contribution in [0, 0.1) is 0 Å². The highest BCUT2D eigenvalue weighted by atomic mass is 16.5. The van der Waals surface area contributed by atoms with Gasteiger partial charge in [0, 0.05) is 32.6 Å². The molecule has 1 aliphatic rings. The molecule has 31 heavy (non-hydrogen) atoms. The molecule has 0 N–H and O–H groups in total. The molecule has 0 aliphatic carbocycles. The first-order valence-electron chi connectivity index (χ1n) is 10.4. The van der Waals surface area contributed by atoms with Gasteiger partial charge in [-0.1, -0.05) is 12.1 Å². The normalized spacial score (nSPS) is 13.6. The first-order chi connectivity index (χ1) is 15.0. The van der Waals surface area contributed by atoms with Crippen molar-refractivity contribution in [1.82, 2.24) is 9.80 Å². The third-order valence-corrected chi connectivity index (χ3v) is 5.57. The van der Waals surface area contributed by atoms with Gasteiger partial charge in [-0.05, 0) is 47.9 Å². The number of carbonyl (C=O) groups is 2. The third-order valence-electron chi connectivity index (χ3n) is 5.57. The highest BCUT2D eigenvalue weighted by molar-refractivity contribution is 5.80. The largest absolute Gasteiger partial charge is 0.497 e. The van der Waals surface area contributed by atoms with E-state index >= 15 is 0 Å². The van der Waals surface area contributed by atoms with Crippen LogP contribution >= 0.6 is 0 Å². The van der Waals surface area contributed by atoms with E-state index in [1.165, 1.54) is 0 Å². The van der Waals surface area contributed by atoms with E-state index < -0.39 is 0 Å². The van der Waals surface area contributed by atoms with E-state index in [1.807, 2.05) is 52.3 Å². The van der Waals surface area contributed by atoms with Crippen molar-refractivity contribution in [2.24, 2.45) is 0 Å². The van der Waals surface area contributed by atoms with Gasteiger partial charge >= 0.3 is 0 Å². The highest BCUT2D eigenvalue weighted by Gasteiger charge is 2.24. The Morgan fingerprint density at radius 3 is 2.10 bits per heavy atom. The van der Waals surface area contributed by atoms with Gasteiger partial charge in [0.1, 0.15) is 17.2 Å². The quantitative estimate of drug-likeness (QED) is 0.649. The second-order valence-electron chi connectivity index (χ2n) is 7.47. The van der Waals surface area contributed by atoms with Crippen molar-refractivity contribution >= 4 is 11.8 Å². The summed E-state index contributed by atoms with van der Waals surface area (Å²) in [7, 11) is 4.85. The summed E-state index contributed by atoms with van der Waals surface area (Å²) in [5, 5.41) is 0. The van der Waals surface area contributed by atoms with Crippen LogP contribution in [0.1, 0.15) is 17.5 Å². The fraction of sp³-hybridized carbons (Fsp3) is 0.417. The molecule has 0 saturated carbocycles. The molecule has 1 saturated heterocycles. The summed E-state index contributed by atoms with van der Waals surface area (Å²) < 4.78 is 15.9. The van der Waals surface area contributed by atoms with Crippen LogP contribution in [0.15, 0.2) is 42.5 Å². The number of methoxy groups -OCH3 is 3. The van der Waals surface area contributed by atoms with Crippen molar-refractivity contribution in [1.29, 1.82) is 0 Å². The number of nitrogens with zero attached hydrogens (tertiary/aromatic N) is 2. The molecule has 2 aromatic rings. The molecule has 0 unspecified atom stereocenters. The van der Waals surface area contributed by atoms with E-state index in [9.17, 15) is 9.59 Å². The number of rotatable bonds is 8. The van der Waals surface area contributed by atoms with E-state index in [4.69, 9.17) is 14.2 Å². The Labute approximate surface area is 183 Å². The van der Waals surface area contributed by atoms with Gasteiger partial charge in [0.25, 0.3) is 0 Å². The van der Waals surface area contributed by atoms with Gasteiger partial charge in [-0.15, -0.1) is 0 Å². The summed E-state index contributed by atoms with van der Waals surface area (Å²) in [5.74, 6) is 2.40. The van der Waals surface area contributed by atoms with Crippen molar-refractivity contribution in [3.05, 3.63) is 53.6 Å². The predicted molar refractivity (Wildman–Crippen MR) is 118 cm³/mol. The van der Waals surface area contributed by atoms with Gasteiger partial charge in [0.15, 0.2) is 0 Å². The van der Waals surface area contributed by atoms with Gasteiger partial charge in [-0.2, -0.15) is 0 Å². The van der Waals surface area contributed by atoms with E-state index in [2.05, 4.69) is 0 Å². The Morgan fingerprint density at radius 1 is 0.806 bits per heavy atom. The zero-order valence-electron chi connectivity index (χ0n) is 18.4. The summed E-state index contributed by atoms with van der Waals surface area (Å²) in [6, 6.07) is 13.1.